The molecule has 0 fully saturated rings. The Kier molecular flexibility index (Phi) is 4.87. The first-order valence-corrected chi connectivity index (χ1v) is 10.2. The van der Waals surface area contributed by atoms with Crippen LogP contribution in [0.1, 0.15) is 42.2 Å². The second kappa shape index (κ2) is 7.31. The van der Waals surface area contributed by atoms with Crippen LogP contribution in [-0.2, 0) is 9.59 Å². The summed E-state index contributed by atoms with van der Waals surface area (Å²) in [5, 5.41) is 2.92. The summed E-state index contributed by atoms with van der Waals surface area (Å²) < 4.78 is 13.2. The Morgan fingerprint density at radius 3 is 2.26 bits per heavy atom. The van der Waals surface area contributed by atoms with Crippen LogP contribution in [0.4, 0.5) is 4.39 Å². The van der Waals surface area contributed by atoms with Crippen LogP contribution in [0.25, 0.3) is 0 Å². The minimum Gasteiger partial charge on any atom is -0.329 e. The maximum absolute atomic E-state index is 13.2. The van der Waals surface area contributed by atoms with Crippen LogP contribution in [-0.4, -0.2) is 17.9 Å². The topological polar surface area (TPSA) is 46.2 Å². The summed E-state index contributed by atoms with van der Waals surface area (Å²) in [6, 6.07) is 14.4. The molecular formula is C22H20FNO2S. The van der Waals surface area contributed by atoms with E-state index in [9.17, 15) is 14.0 Å². The van der Waals surface area contributed by atoms with Gasteiger partial charge in [0, 0.05) is 34.9 Å². The van der Waals surface area contributed by atoms with Crippen molar-refractivity contribution in [2.75, 3.05) is 6.26 Å². The standard InChI is InChI=1S/C22H20FNO2S/c1-27-17-8-4-14(5-9-17)18-12-21(26)24-19-10-15(11-20(25)22(18)19)13-2-6-16(23)7-3-13/h2-9,15,18H,10-12H2,1H3,(H,24,26). The lowest BCUT2D eigenvalue weighted by molar-refractivity contribution is -0.122. The second-order valence-corrected chi connectivity index (χ2v) is 7.93. The molecule has 0 aromatic heterocycles. The molecule has 0 saturated carbocycles. The first kappa shape index (κ1) is 18.0. The van der Waals surface area contributed by atoms with E-state index in [1.54, 1.807) is 23.9 Å². The van der Waals surface area contributed by atoms with Gasteiger partial charge in [0.05, 0.1) is 0 Å². The number of rotatable bonds is 3. The molecular weight excluding hydrogens is 361 g/mol. The molecule has 3 nitrogen and oxygen atoms in total. The number of carbonyl (C=O) groups is 2. The molecule has 0 radical (unpaired) electrons. The molecule has 1 N–H and O–H groups in total. The van der Waals surface area contributed by atoms with E-state index in [2.05, 4.69) is 5.32 Å². The van der Waals surface area contributed by atoms with Crippen LogP contribution >= 0.6 is 11.8 Å². The number of benzene rings is 2. The Hall–Kier alpha value is -2.40. The first-order chi connectivity index (χ1) is 13.0. The van der Waals surface area contributed by atoms with Gasteiger partial charge in [-0.15, -0.1) is 11.8 Å². The molecule has 1 aliphatic heterocycles. The Bertz CT molecular complexity index is 918. The van der Waals surface area contributed by atoms with Gasteiger partial charge in [0.25, 0.3) is 0 Å². The van der Waals surface area contributed by atoms with Crippen LogP contribution < -0.4 is 5.32 Å². The van der Waals surface area contributed by atoms with Gasteiger partial charge in [-0.1, -0.05) is 24.3 Å². The summed E-state index contributed by atoms with van der Waals surface area (Å²) >= 11 is 1.66. The average Bonchev–Trinajstić information content (AvgIpc) is 2.67. The van der Waals surface area contributed by atoms with E-state index in [-0.39, 0.29) is 29.3 Å². The highest BCUT2D eigenvalue weighted by Crippen LogP contribution is 2.42. The Morgan fingerprint density at radius 2 is 1.59 bits per heavy atom. The predicted molar refractivity (Wildman–Crippen MR) is 104 cm³/mol. The first-order valence-electron chi connectivity index (χ1n) is 9.00. The molecule has 5 heteroatoms. The number of nitrogens with one attached hydrogen (secondary N) is 1. The molecule has 4 rings (SSSR count). The van der Waals surface area contributed by atoms with Gasteiger partial charge in [-0.2, -0.15) is 0 Å². The number of carbonyl (C=O) groups excluding carboxylic acids is 2. The van der Waals surface area contributed by atoms with Crippen LogP contribution in [0.5, 0.6) is 0 Å². The SMILES string of the molecule is CSc1ccc(C2CC(=O)NC3=C2C(=O)CC(c2ccc(F)cc2)C3)cc1. The van der Waals surface area contributed by atoms with Gasteiger partial charge in [0.2, 0.25) is 5.91 Å². The molecule has 1 amide bonds. The van der Waals surface area contributed by atoms with Crippen molar-refractivity contribution in [3.63, 3.8) is 0 Å². The van der Waals surface area contributed by atoms with E-state index >= 15 is 0 Å². The van der Waals surface area contributed by atoms with Crippen molar-refractivity contribution in [1.29, 1.82) is 0 Å². The smallest absolute Gasteiger partial charge is 0.225 e. The zero-order valence-electron chi connectivity index (χ0n) is 15.0. The summed E-state index contributed by atoms with van der Waals surface area (Å²) in [7, 11) is 0. The van der Waals surface area contributed by atoms with Crippen molar-refractivity contribution in [3.8, 4) is 0 Å². The third-order valence-electron chi connectivity index (χ3n) is 5.40. The van der Waals surface area contributed by atoms with Crippen molar-refractivity contribution in [2.45, 2.75) is 36.0 Å². The largest absolute Gasteiger partial charge is 0.329 e. The molecule has 2 aromatic rings. The van der Waals surface area contributed by atoms with Gasteiger partial charge in [0.1, 0.15) is 5.82 Å². The van der Waals surface area contributed by atoms with E-state index < -0.39 is 0 Å². The van der Waals surface area contributed by atoms with Crippen molar-refractivity contribution in [2.24, 2.45) is 0 Å². The fraction of sp³-hybridized carbons (Fsp3) is 0.273. The number of ketones is 1. The number of hydrogen-bond donors (Lipinski definition) is 1. The molecule has 2 aliphatic rings. The van der Waals surface area contributed by atoms with E-state index in [4.69, 9.17) is 0 Å². The van der Waals surface area contributed by atoms with Gasteiger partial charge >= 0.3 is 0 Å². The lowest BCUT2D eigenvalue weighted by Crippen LogP contribution is -2.38. The van der Waals surface area contributed by atoms with E-state index in [1.807, 2.05) is 30.5 Å². The highest BCUT2D eigenvalue weighted by molar-refractivity contribution is 7.98. The Morgan fingerprint density at radius 1 is 0.926 bits per heavy atom. The molecule has 1 aliphatic carbocycles. The van der Waals surface area contributed by atoms with Crippen LogP contribution in [0.15, 0.2) is 64.7 Å². The number of allylic oxidation sites excluding steroid dienone is 2. The summed E-state index contributed by atoms with van der Waals surface area (Å²) in [5.74, 6) is -0.494. The van der Waals surface area contributed by atoms with Crippen molar-refractivity contribution >= 4 is 23.5 Å². The Balaban J connectivity index is 1.68. The summed E-state index contributed by atoms with van der Waals surface area (Å²) in [5.41, 5.74) is 3.40. The van der Waals surface area contributed by atoms with Crippen molar-refractivity contribution in [3.05, 3.63) is 76.7 Å². The number of Topliss-reactive ketones (excluding diaryl/α,β-unsaturated/α-hetero) is 1. The highest BCUT2D eigenvalue weighted by Gasteiger charge is 2.38. The number of halogens is 1. The summed E-state index contributed by atoms with van der Waals surface area (Å²) in [6.45, 7) is 0. The number of thioether (sulfide) groups is 1. The van der Waals surface area contributed by atoms with Gasteiger partial charge in [-0.25, -0.2) is 4.39 Å². The molecule has 2 unspecified atom stereocenters. The molecule has 0 spiro atoms. The van der Waals surface area contributed by atoms with Crippen molar-refractivity contribution < 1.29 is 14.0 Å². The minimum atomic E-state index is -0.291. The van der Waals surface area contributed by atoms with Crippen molar-refractivity contribution in [1.82, 2.24) is 5.32 Å². The van der Waals surface area contributed by atoms with Crippen LogP contribution in [0.3, 0.4) is 0 Å². The minimum absolute atomic E-state index is 0.0326. The quantitative estimate of drug-likeness (QED) is 0.794. The highest BCUT2D eigenvalue weighted by atomic mass is 32.2. The molecule has 1 heterocycles. The average molecular weight is 381 g/mol. The lowest BCUT2D eigenvalue weighted by Gasteiger charge is -2.34. The number of amides is 1. The van der Waals surface area contributed by atoms with Gasteiger partial charge in [-0.05, 0) is 54.0 Å². The zero-order chi connectivity index (χ0) is 19.0. The maximum Gasteiger partial charge on any atom is 0.225 e. The predicted octanol–water partition coefficient (Wildman–Crippen LogP) is 4.55. The van der Waals surface area contributed by atoms with Crippen LogP contribution in [0, 0.1) is 5.82 Å². The fourth-order valence-electron chi connectivity index (χ4n) is 4.05. The molecule has 0 saturated heterocycles. The van der Waals surface area contributed by atoms with E-state index in [1.165, 1.54) is 12.1 Å². The normalized spacial score (nSPS) is 22.4. The Labute approximate surface area is 162 Å². The zero-order valence-corrected chi connectivity index (χ0v) is 15.8. The van der Waals surface area contributed by atoms with E-state index in [0.29, 0.717) is 19.3 Å². The van der Waals surface area contributed by atoms with Gasteiger partial charge in [-0.3, -0.25) is 9.59 Å². The molecule has 27 heavy (non-hydrogen) atoms. The monoisotopic (exact) mass is 381 g/mol. The molecule has 0 bridgehead atoms. The lowest BCUT2D eigenvalue weighted by atomic mass is 9.73. The molecule has 2 atom stereocenters. The maximum atomic E-state index is 13.2. The third-order valence-corrected chi connectivity index (χ3v) is 6.14. The van der Waals surface area contributed by atoms with E-state index in [0.717, 1.165) is 27.3 Å². The van der Waals surface area contributed by atoms with Gasteiger partial charge in [0.15, 0.2) is 5.78 Å². The number of hydrogen-bond acceptors (Lipinski definition) is 3. The second-order valence-electron chi connectivity index (χ2n) is 7.05. The molecule has 138 valence electrons. The summed E-state index contributed by atoms with van der Waals surface area (Å²) in [4.78, 5) is 26.5. The fourth-order valence-corrected chi connectivity index (χ4v) is 4.46. The van der Waals surface area contributed by atoms with Gasteiger partial charge < -0.3 is 5.32 Å². The third kappa shape index (κ3) is 3.56. The summed E-state index contributed by atoms with van der Waals surface area (Å²) in [6.07, 6.45) is 3.30. The molecule has 2 aromatic carbocycles. The van der Waals surface area contributed by atoms with Crippen LogP contribution in [0.2, 0.25) is 0 Å².